The molecule has 0 aliphatic heterocycles. The van der Waals surface area contributed by atoms with Crippen molar-refractivity contribution >= 4 is 17.6 Å². The number of nitrogens with zero attached hydrogens (tertiary/aromatic N) is 1. The van der Waals surface area contributed by atoms with Gasteiger partial charge in [-0.25, -0.2) is 9.59 Å². The molecule has 1 aromatic rings. The van der Waals surface area contributed by atoms with E-state index in [1.807, 2.05) is 12.1 Å². The van der Waals surface area contributed by atoms with Gasteiger partial charge in [-0.3, -0.25) is 0 Å². The van der Waals surface area contributed by atoms with Gasteiger partial charge in [-0.1, -0.05) is 59.8 Å². The van der Waals surface area contributed by atoms with Gasteiger partial charge in [0.25, 0.3) is 0 Å². The van der Waals surface area contributed by atoms with Crippen molar-refractivity contribution in [2.24, 2.45) is 61.7 Å². The second kappa shape index (κ2) is 9.41. The zero-order chi connectivity index (χ0) is 30.6. The molecule has 5 fully saturated rings. The van der Waals surface area contributed by atoms with E-state index in [1.54, 1.807) is 0 Å². The van der Waals surface area contributed by atoms with Crippen molar-refractivity contribution in [1.29, 1.82) is 0 Å². The fourth-order valence-electron chi connectivity index (χ4n) is 13.2. The third-order valence-corrected chi connectivity index (χ3v) is 15.8. The molecular formula is C39H53NO3. The first-order chi connectivity index (χ1) is 20.3. The molecule has 0 N–H and O–H groups in total. The zero-order valence-electron chi connectivity index (χ0n) is 27.7. The number of esters is 1. The lowest BCUT2D eigenvalue weighted by Gasteiger charge is -2.72. The summed E-state index contributed by atoms with van der Waals surface area (Å²) < 4.78 is 4.94. The molecule has 9 atom stereocenters. The van der Waals surface area contributed by atoms with Crippen molar-refractivity contribution in [3.8, 4) is 0 Å². The molecule has 4 nitrogen and oxygen atoms in total. The number of rotatable bonds is 4. The Balaban J connectivity index is 1.23. The third kappa shape index (κ3) is 3.84. The third-order valence-electron chi connectivity index (χ3n) is 15.8. The van der Waals surface area contributed by atoms with E-state index >= 15 is 0 Å². The first-order valence-electron chi connectivity index (χ1n) is 17.3. The van der Waals surface area contributed by atoms with Gasteiger partial charge in [0.2, 0.25) is 6.08 Å². The van der Waals surface area contributed by atoms with Crippen LogP contribution in [0.5, 0.6) is 0 Å². The van der Waals surface area contributed by atoms with Gasteiger partial charge >= 0.3 is 5.97 Å². The van der Waals surface area contributed by atoms with Crippen LogP contribution in [0, 0.1) is 56.7 Å². The van der Waals surface area contributed by atoms with Crippen molar-refractivity contribution in [2.45, 2.75) is 118 Å². The molecule has 0 bridgehead atoms. The highest BCUT2D eigenvalue weighted by atomic mass is 16.5. The number of benzene rings is 1. The Morgan fingerprint density at radius 2 is 1.53 bits per heavy atom. The molecule has 0 amide bonds. The molecule has 4 heteroatoms. The van der Waals surface area contributed by atoms with Gasteiger partial charge in [0.15, 0.2) is 0 Å². The summed E-state index contributed by atoms with van der Waals surface area (Å²) in [7, 11) is 1.44. The molecule has 0 unspecified atom stereocenters. The van der Waals surface area contributed by atoms with Crippen LogP contribution >= 0.6 is 0 Å². The maximum atomic E-state index is 12.1. The second-order valence-corrected chi connectivity index (χ2v) is 17.4. The predicted molar refractivity (Wildman–Crippen MR) is 171 cm³/mol. The van der Waals surface area contributed by atoms with Crippen LogP contribution < -0.4 is 0 Å². The van der Waals surface area contributed by atoms with Crippen molar-refractivity contribution in [1.82, 2.24) is 0 Å². The lowest BCUT2D eigenvalue weighted by Crippen LogP contribution is -2.66. The first kappa shape index (κ1) is 29.5. The highest BCUT2D eigenvalue weighted by molar-refractivity contribution is 5.89. The number of isocyanates is 1. The predicted octanol–water partition coefficient (Wildman–Crippen LogP) is 9.44. The number of aliphatic imine (C=N–C) groups is 1. The number of carbonyl (C=O) groups is 1. The van der Waals surface area contributed by atoms with Crippen LogP contribution in [0.3, 0.4) is 0 Å². The fourth-order valence-corrected chi connectivity index (χ4v) is 13.2. The lowest BCUT2D eigenvalue weighted by atomic mass is 9.33. The summed E-state index contributed by atoms with van der Waals surface area (Å²) >= 11 is 0. The van der Waals surface area contributed by atoms with Gasteiger partial charge in [-0.2, -0.15) is 4.99 Å². The molecule has 0 saturated heterocycles. The van der Waals surface area contributed by atoms with E-state index in [1.165, 1.54) is 69.6 Å². The summed E-state index contributed by atoms with van der Waals surface area (Å²) in [6.07, 6.45) is 18.3. The van der Waals surface area contributed by atoms with Crippen LogP contribution in [0.2, 0.25) is 0 Å². The van der Waals surface area contributed by atoms with Gasteiger partial charge in [0, 0.05) is 0 Å². The zero-order valence-corrected chi connectivity index (χ0v) is 27.7. The van der Waals surface area contributed by atoms with E-state index in [-0.39, 0.29) is 27.8 Å². The Labute approximate surface area is 259 Å². The summed E-state index contributed by atoms with van der Waals surface area (Å²) in [5, 5.41) is 0. The number of hydrogen-bond acceptors (Lipinski definition) is 4. The Morgan fingerprint density at radius 3 is 2.19 bits per heavy atom. The summed E-state index contributed by atoms with van der Waals surface area (Å²) in [5.41, 5.74) is 4.48. The molecule has 0 spiro atoms. The van der Waals surface area contributed by atoms with E-state index in [9.17, 15) is 9.59 Å². The molecule has 1 aromatic carbocycles. The van der Waals surface area contributed by atoms with Crippen LogP contribution in [0.1, 0.15) is 128 Å². The van der Waals surface area contributed by atoms with Crippen molar-refractivity contribution in [2.75, 3.05) is 7.11 Å². The van der Waals surface area contributed by atoms with Crippen LogP contribution in [-0.2, 0) is 9.53 Å². The second-order valence-electron chi connectivity index (χ2n) is 17.4. The monoisotopic (exact) mass is 583 g/mol. The number of carbonyl (C=O) groups excluding carboxylic acids is 2. The van der Waals surface area contributed by atoms with E-state index in [0.717, 1.165) is 19.3 Å². The summed E-state index contributed by atoms with van der Waals surface area (Å²) in [6, 6.07) is 8.08. The minimum absolute atomic E-state index is 0.0520. The average Bonchev–Trinajstić information content (AvgIpc) is 3.60. The summed E-state index contributed by atoms with van der Waals surface area (Å²) in [4.78, 5) is 28.7. The lowest BCUT2D eigenvalue weighted by molar-refractivity contribution is -0.219. The number of allylic oxidation sites excluding steroid dienone is 2. The van der Waals surface area contributed by atoms with Gasteiger partial charge < -0.3 is 4.74 Å². The molecule has 232 valence electrons. The highest BCUT2D eigenvalue weighted by Crippen LogP contribution is 2.78. The molecule has 0 heterocycles. The van der Waals surface area contributed by atoms with E-state index in [4.69, 9.17) is 9.73 Å². The quantitative estimate of drug-likeness (QED) is 0.202. The molecule has 43 heavy (non-hydrogen) atoms. The molecule has 0 radical (unpaired) electrons. The number of ether oxygens (including phenoxy) is 1. The Bertz CT molecular complexity index is 1400. The molecule has 7 rings (SSSR count). The maximum Gasteiger partial charge on any atom is 0.337 e. The van der Waals surface area contributed by atoms with Crippen molar-refractivity contribution < 1.29 is 14.3 Å². The largest absolute Gasteiger partial charge is 0.465 e. The van der Waals surface area contributed by atoms with Gasteiger partial charge in [0.05, 0.1) is 18.2 Å². The molecular weight excluding hydrogens is 530 g/mol. The van der Waals surface area contributed by atoms with Crippen LogP contribution in [-0.4, -0.2) is 24.7 Å². The van der Waals surface area contributed by atoms with Crippen LogP contribution in [0.4, 0.5) is 0 Å². The topological polar surface area (TPSA) is 55.7 Å². The van der Waals surface area contributed by atoms with Crippen LogP contribution in [0.15, 0.2) is 35.3 Å². The number of hydrogen-bond donors (Lipinski definition) is 0. The molecule has 6 aliphatic rings. The maximum absolute atomic E-state index is 12.1. The minimum atomic E-state index is -0.278. The van der Waals surface area contributed by atoms with Crippen molar-refractivity contribution in [3.05, 3.63) is 41.5 Å². The SMILES string of the molecule is COC(=O)c1ccc(C2=CC[C@]3(C)[C@H]4CC[C@@H]5[C@H]6[C@H](C7(C)CC7)CC[C@]6(N=C=O)CC[C@@]5(C)[C@]4(C)CC[C@H]3C2(C)C)cc1. The molecule has 6 aliphatic carbocycles. The van der Waals surface area contributed by atoms with Gasteiger partial charge in [-0.15, -0.1) is 0 Å². The van der Waals surface area contributed by atoms with Gasteiger partial charge in [0.1, 0.15) is 0 Å². The van der Waals surface area contributed by atoms with E-state index in [0.29, 0.717) is 46.0 Å². The van der Waals surface area contributed by atoms with Crippen molar-refractivity contribution in [3.63, 3.8) is 0 Å². The Hall–Kier alpha value is -2.19. The van der Waals surface area contributed by atoms with Crippen LogP contribution in [0.25, 0.3) is 5.57 Å². The standard InChI is InChI=1S/C39H53NO3/c1-34(2)27(25-8-10-26(11-9-25)33(42)43-7)14-17-36(4)30(34)16-18-38(6)31(36)13-12-29-32-28(35(3)20-21-35)15-19-39(32,40-24-41)23-22-37(29,38)5/h8-11,14,28-32H,12-13,15-23H2,1-7H3/t28-,29-,30+,31-,32-,36+,37-,38-,39+/m1/s1. The highest BCUT2D eigenvalue weighted by Gasteiger charge is 2.72. The Kier molecular flexibility index (Phi) is 6.46. The van der Waals surface area contributed by atoms with E-state index < -0.39 is 0 Å². The van der Waals surface area contributed by atoms with Gasteiger partial charge in [-0.05, 0) is 151 Å². The molecule has 0 aromatic heterocycles. The first-order valence-corrected chi connectivity index (χ1v) is 17.3. The average molecular weight is 584 g/mol. The minimum Gasteiger partial charge on any atom is -0.465 e. The van der Waals surface area contributed by atoms with E-state index in [2.05, 4.69) is 65.8 Å². The normalized spacial score (nSPS) is 45.3. The summed E-state index contributed by atoms with van der Waals surface area (Å²) in [6.45, 7) is 15.5. The smallest absolute Gasteiger partial charge is 0.337 e. The number of methoxy groups -OCH3 is 1. The summed E-state index contributed by atoms with van der Waals surface area (Å²) in [5.74, 6) is 2.94. The Morgan fingerprint density at radius 1 is 0.814 bits per heavy atom. The number of fused-ring (bicyclic) bond motifs is 7. The fraction of sp³-hybridized carbons (Fsp3) is 0.744. The molecule has 5 saturated carbocycles.